The Labute approximate surface area is 203 Å². The summed E-state index contributed by atoms with van der Waals surface area (Å²) >= 11 is 1.52. The number of carbonyl (C=O) groups is 2. The number of benzene rings is 3. The molecule has 0 heterocycles. The number of para-hydroxylation sites is 1. The second-order valence-corrected chi connectivity index (χ2v) is 9.98. The van der Waals surface area contributed by atoms with Crippen LogP contribution in [0.3, 0.4) is 0 Å². The van der Waals surface area contributed by atoms with E-state index in [1.54, 1.807) is 54.6 Å². The lowest BCUT2D eigenvalue weighted by Gasteiger charge is -2.18. The maximum absolute atomic E-state index is 13.0. The predicted molar refractivity (Wildman–Crippen MR) is 138 cm³/mol. The highest BCUT2D eigenvalue weighted by atomic mass is 32.2. The molecular weight excluding hydrogens is 472 g/mol. The highest BCUT2D eigenvalue weighted by Gasteiger charge is 2.25. The van der Waals surface area contributed by atoms with Crippen LogP contribution in [-0.4, -0.2) is 38.4 Å². The number of anilines is 3. The summed E-state index contributed by atoms with van der Waals surface area (Å²) in [5.41, 5.74) is 1.54. The van der Waals surface area contributed by atoms with Gasteiger partial charge in [0.1, 0.15) is 6.04 Å². The Hall–Kier alpha value is -3.34. The summed E-state index contributed by atoms with van der Waals surface area (Å²) in [6.07, 6.45) is 2.20. The average molecular weight is 499 g/mol. The Bertz CT molecular complexity index is 1210. The molecule has 3 amide bonds. The van der Waals surface area contributed by atoms with Gasteiger partial charge in [-0.3, -0.25) is 4.79 Å². The molecule has 0 saturated heterocycles. The summed E-state index contributed by atoms with van der Waals surface area (Å²) in [5, 5.41) is 8.17. The van der Waals surface area contributed by atoms with Gasteiger partial charge in [0.05, 0.1) is 4.90 Å². The van der Waals surface area contributed by atoms with Gasteiger partial charge in [-0.05, 0) is 60.9 Å². The molecule has 0 aromatic heterocycles. The topological polar surface area (TPSA) is 116 Å². The molecular formula is C24H26N4O4S2. The van der Waals surface area contributed by atoms with Crippen molar-refractivity contribution in [2.24, 2.45) is 0 Å². The fraction of sp³-hybridized carbons (Fsp3) is 0.167. The molecule has 34 heavy (non-hydrogen) atoms. The Balaban J connectivity index is 1.67. The number of thioether (sulfide) groups is 1. The van der Waals surface area contributed by atoms with Gasteiger partial charge in [-0.2, -0.15) is 16.5 Å². The Morgan fingerprint density at radius 2 is 1.35 bits per heavy atom. The number of urea groups is 1. The fourth-order valence-electron chi connectivity index (χ4n) is 3.05. The molecule has 178 valence electrons. The third-order valence-corrected chi connectivity index (χ3v) is 6.83. The summed E-state index contributed by atoms with van der Waals surface area (Å²) in [6.45, 7) is 0. The quantitative estimate of drug-likeness (QED) is 0.331. The first-order chi connectivity index (χ1) is 16.4. The number of carbonyl (C=O) groups excluding carboxylic acids is 2. The smallest absolute Gasteiger partial charge is 0.323 e. The van der Waals surface area contributed by atoms with Crippen molar-refractivity contribution in [2.75, 3.05) is 28.0 Å². The first-order valence-electron chi connectivity index (χ1n) is 10.5. The second-order valence-electron chi connectivity index (χ2n) is 7.28. The number of sulfonamides is 1. The third-order valence-electron chi connectivity index (χ3n) is 4.70. The minimum atomic E-state index is -3.87. The van der Waals surface area contributed by atoms with E-state index in [1.807, 2.05) is 24.5 Å². The number of amides is 3. The van der Waals surface area contributed by atoms with Crippen LogP contribution in [0.1, 0.15) is 6.42 Å². The number of rotatable bonds is 10. The van der Waals surface area contributed by atoms with Gasteiger partial charge in [0.25, 0.3) is 0 Å². The van der Waals surface area contributed by atoms with Crippen molar-refractivity contribution in [3.05, 3.63) is 84.9 Å². The summed E-state index contributed by atoms with van der Waals surface area (Å²) < 4.78 is 28.0. The lowest BCUT2D eigenvalue weighted by molar-refractivity contribution is -0.117. The molecule has 0 bridgehead atoms. The predicted octanol–water partition coefficient (Wildman–Crippen LogP) is 4.37. The van der Waals surface area contributed by atoms with Gasteiger partial charge in [0.15, 0.2) is 0 Å². The first kappa shape index (κ1) is 25.3. The van der Waals surface area contributed by atoms with E-state index in [9.17, 15) is 18.0 Å². The van der Waals surface area contributed by atoms with Crippen molar-refractivity contribution in [1.82, 2.24) is 4.72 Å². The van der Waals surface area contributed by atoms with Crippen LogP contribution < -0.4 is 20.7 Å². The molecule has 1 atom stereocenters. The van der Waals surface area contributed by atoms with Crippen LogP contribution in [0.5, 0.6) is 0 Å². The molecule has 0 aliphatic heterocycles. The van der Waals surface area contributed by atoms with Crippen molar-refractivity contribution < 1.29 is 18.0 Å². The molecule has 8 nitrogen and oxygen atoms in total. The van der Waals surface area contributed by atoms with Gasteiger partial charge in [0.2, 0.25) is 15.9 Å². The maximum atomic E-state index is 13.0. The maximum Gasteiger partial charge on any atom is 0.323 e. The highest BCUT2D eigenvalue weighted by molar-refractivity contribution is 7.98. The standard InChI is InChI=1S/C24H26N4O4S2/c1-33-16-15-22(28-34(31,32)21-13-6-3-7-14-21)23(29)25-19-11-8-12-20(17-19)27-24(30)26-18-9-4-2-5-10-18/h2-14,17,22,28H,15-16H2,1H3,(H,25,29)(H2,26,27,30). The van der Waals surface area contributed by atoms with Crippen LogP contribution in [0.25, 0.3) is 0 Å². The van der Waals surface area contributed by atoms with Crippen LogP contribution in [0, 0.1) is 0 Å². The number of hydrogen-bond acceptors (Lipinski definition) is 5. The molecule has 0 fully saturated rings. The van der Waals surface area contributed by atoms with Gasteiger partial charge in [-0.15, -0.1) is 0 Å². The molecule has 10 heteroatoms. The van der Waals surface area contributed by atoms with E-state index in [4.69, 9.17) is 0 Å². The zero-order valence-corrected chi connectivity index (χ0v) is 20.2. The number of hydrogen-bond donors (Lipinski definition) is 4. The van der Waals surface area contributed by atoms with Gasteiger partial charge >= 0.3 is 6.03 Å². The normalized spacial score (nSPS) is 11.9. The summed E-state index contributed by atoms with van der Waals surface area (Å²) in [6, 6.07) is 22.1. The SMILES string of the molecule is CSCCC(NS(=O)(=O)c1ccccc1)C(=O)Nc1cccc(NC(=O)Nc2ccccc2)c1. The molecule has 0 aliphatic rings. The minimum Gasteiger partial charge on any atom is -0.325 e. The van der Waals surface area contributed by atoms with Crippen LogP contribution >= 0.6 is 11.8 Å². The second kappa shape index (κ2) is 12.2. The van der Waals surface area contributed by atoms with Crippen molar-refractivity contribution in [3.63, 3.8) is 0 Å². The summed E-state index contributed by atoms with van der Waals surface area (Å²) in [7, 11) is -3.87. The van der Waals surface area contributed by atoms with Crippen molar-refractivity contribution in [2.45, 2.75) is 17.4 Å². The van der Waals surface area contributed by atoms with E-state index < -0.39 is 28.0 Å². The molecule has 0 spiro atoms. The monoisotopic (exact) mass is 498 g/mol. The van der Waals surface area contributed by atoms with E-state index in [2.05, 4.69) is 20.7 Å². The van der Waals surface area contributed by atoms with E-state index in [0.717, 1.165) is 0 Å². The number of nitrogens with one attached hydrogen (secondary N) is 4. The van der Waals surface area contributed by atoms with Crippen LogP contribution in [0.2, 0.25) is 0 Å². The van der Waals surface area contributed by atoms with E-state index >= 15 is 0 Å². The Kier molecular flexibility index (Phi) is 9.08. The summed E-state index contributed by atoms with van der Waals surface area (Å²) in [4.78, 5) is 25.3. The van der Waals surface area contributed by atoms with Gasteiger partial charge in [-0.25, -0.2) is 13.2 Å². The molecule has 3 aromatic carbocycles. The van der Waals surface area contributed by atoms with E-state index in [1.165, 1.54) is 23.9 Å². The first-order valence-corrected chi connectivity index (χ1v) is 13.4. The molecule has 1 unspecified atom stereocenters. The molecule has 3 rings (SSSR count). The van der Waals surface area contributed by atoms with Crippen LogP contribution in [-0.2, 0) is 14.8 Å². The fourth-order valence-corrected chi connectivity index (χ4v) is 4.78. The lowest BCUT2D eigenvalue weighted by atomic mass is 10.2. The third kappa shape index (κ3) is 7.62. The van der Waals surface area contributed by atoms with Crippen molar-refractivity contribution >= 4 is 50.8 Å². The minimum absolute atomic E-state index is 0.0903. The molecule has 3 aromatic rings. The average Bonchev–Trinajstić information content (AvgIpc) is 2.83. The van der Waals surface area contributed by atoms with Gasteiger partial charge in [0, 0.05) is 17.1 Å². The lowest BCUT2D eigenvalue weighted by Crippen LogP contribution is -2.44. The van der Waals surface area contributed by atoms with Gasteiger partial charge < -0.3 is 16.0 Å². The highest BCUT2D eigenvalue weighted by Crippen LogP contribution is 2.17. The Morgan fingerprint density at radius 3 is 2.00 bits per heavy atom. The van der Waals surface area contributed by atoms with E-state index in [0.29, 0.717) is 29.2 Å². The van der Waals surface area contributed by atoms with Gasteiger partial charge in [-0.1, -0.05) is 42.5 Å². The van der Waals surface area contributed by atoms with Crippen molar-refractivity contribution in [3.8, 4) is 0 Å². The van der Waals surface area contributed by atoms with E-state index in [-0.39, 0.29) is 4.90 Å². The molecule has 0 saturated carbocycles. The van der Waals surface area contributed by atoms with Crippen LogP contribution in [0.15, 0.2) is 89.8 Å². The summed E-state index contributed by atoms with van der Waals surface area (Å²) in [5.74, 6) is 0.107. The largest absolute Gasteiger partial charge is 0.325 e. The van der Waals surface area contributed by atoms with Crippen LogP contribution in [0.4, 0.5) is 21.9 Å². The molecule has 4 N–H and O–H groups in total. The molecule has 0 aliphatic carbocycles. The van der Waals surface area contributed by atoms with Crippen molar-refractivity contribution in [1.29, 1.82) is 0 Å². The zero-order valence-electron chi connectivity index (χ0n) is 18.5. The Morgan fingerprint density at radius 1 is 0.794 bits per heavy atom. The molecule has 0 radical (unpaired) electrons. The zero-order chi connectivity index (χ0) is 24.4.